The van der Waals surface area contributed by atoms with E-state index in [-0.39, 0.29) is 0 Å². The fourth-order valence-corrected chi connectivity index (χ4v) is 2.17. The predicted octanol–water partition coefficient (Wildman–Crippen LogP) is 5.18. The molecule has 0 radical (unpaired) electrons. The second-order valence-corrected chi connectivity index (χ2v) is 4.79. The van der Waals surface area contributed by atoms with E-state index in [4.69, 9.17) is 4.74 Å². The smallest absolute Gasteiger partial charge is 0.416 e. The Bertz CT molecular complexity index is 567. The summed E-state index contributed by atoms with van der Waals surface area (Å²) >= 11 is 3.19. The lowest BCUT2D eigenvalue weighted by molar-refractivity contribution is -0.137. The van der Waals surface area contributed by atoms with Crippen molar-refractivity contribution in [1.29, 1.82) is 0 Å². The molecule has 0 aliphatic carbocycles. The summed E-state index contributed by atoms with van der Waals surface area (Å²) < 4.78 is 43.5. The van der Waals surface area contributed by atoms with Crippen molar-refractivity contribution in [3.05, 3.63) is 65.2 Å². The third-order valence-corrected chi connectivity index (χ3v) is 3.37. The first-order valence-electron chi connectivity index (χ1n) is 5.93. The van der Waals surface area contributed by atoms with Crippen molar-refractivity contribution >= 4 is 15.9 Å². The number of ether oxygens (including phenoxy) is 1. The molecular weight excluding hydrogens is 333 g/mol. The van der Waals surface area contributed by atoms with Crippen molar-refractivity contribution in [2.45, 2.75) is 18.1 Å². The summed E-state index contributed by atoms with van der Waals surface area (Å²) in [6.07, 6.45) is -4.34. The summed E-state index contributed by atoms with van der Waals surface area (Å²) in [4.78, 5) is 0. The molecule has 0 heterocycles. The minimum absolute atomic E-state index is 0.307. The lowest BCUT2D eigenvalue weighted by Gasteiger charge is -2.13. The highest BCUT2D eigenvalue weighted by atomic mass is 79.9. The molecule has 2 aromatic rings. The molecule has 0 saturated carbocycles. The molecule has 0 unspecified atom stereocenters. The monoisotopic (exact) mass is 344 g/mol. The molecule has 2 aromatic carbocycles. The number of hydrogen-bond donors (Lipinski definition) is 0. The van der Waals surface area contributed by atoms with Crippen molar-refractivity contribution < 1.29 is 17.9 Å². The van der Waals surface area contributed by atoms with E-state index in [9.17, 15) is 13.2 Å². The van der Waals surface area contributed by atoms with Crippen LogP contribution in [0.5, 0.6) is 5.75 Å². The average Bonchev–Trinajstić information content (AvgIpc) is 2.45. The second-order valence-electron chi connectivity index (χ2n) is 4.23. The van der Waals surface area contributed by atoms with Crippen molar-refractivity contribution in [2.75, 3.05) is 0 Å². The van der Waals surface area contributed by atoms with Crippen LogP contribution in [-0.2, 0) is 18.1 Å². The maximum Gasteiger partial charge on any atom is 0.416 e. The summed E-state index contributed by atoms with van der Waals surface area (Å²) in [5.74, 6) is 0.457. The molecule has 0 N–H and O–H groups in total. The van der Waals surface area contributed by atoms with E-state index in [0.717, 1.165) is 17.7 Å². The predicted molar refractivity (Wildman–Crippen MR) is 74.8 cm³/mol. The highest BCUT2D eigenvalue weighted by molar-refractivity contribution is 9.08. The van der Waals surface area contributed by atoms with Crippen LogP contribution in [0.25, 0.3) is 0 Å². The summed E-state index contributed by atoms with van der Waals surface area (Å²) in [5, 5.41) is 0.307. The molecule has 0 saturated heterocycles. The fourth-order valence-electron chi connectivity index (χ4n) is 1.74. The largest absolute Gasteiger partial charge is 0.489 e. The van der Waals surface area contributed by atoms with Crippen LogP contribution in [0.4, 0.5) is 13.2 Å². The van der Waals surface area contributed by atoms with Crippen molar-refractivity contribution in [3.63, 3.8) is 0 Å². The topological polar surface area (TPSA) is 9.23 Å². The van der Waals surface area contributed by atoms with Gasteiger partial charge in [0.25, 0.3) is 0 Å². The lowest BCUT2D eigenvalue weighted by atomic mass is 10.1. The van der Waals surface area contributed by atoms with Gasteiger partial charge in [-0.05, 0) is 23.8 Å². The van der Waals surface area contributed by atoms with Crippen LogP contribution < -0.4 is 4.74 Å². The molecule has 0 aliphatic rings. The van der Waals surface area contributed by atoms with Gasteiger partial charge in [-0.25, -0.2) is 0 Å². The Labute approximate surface area is 123 Å². The standard InChI is InChI=1S/C15H12BrF3O/c16-9-12-8-13(15(17,18)19)6-7-14(12)20-10-11-4-2-1-3-5-11/h1-8H,9-10H2. The fraction of sp³-hybridized carbons (Fsp3) is 0.200. The summed E-state index contributed by atoms with van der Waals surface area (Å²) in [6.45, 7) is 0.326. The summed E-state index contributed by atoms with van der Waals surface area (Å²) in [5.41, 5.74) is 0.780. The summed E-state index contributed by atoms with van der Waals surface area (Å²) in [7, 11) is 0. The van der Waals surface area contributed by atoms with E-state index >= 15 is 0 Å². The Morgan fingerprint density at radius 2 is 1.70 bits per heavy atom. The van der Waals surface area contributed by atoms with Gasteiger partial charge in [0.1, 0.15) is 12.4 Å². The van der Waals surface area contributed by atoms with Crippen LogP contribution in [-0.4, -0.2) is 0 Å². The zero-order valence-electron chi connectivity index (χ0n) is 10.5. The van der Waals surface area contributed by atoms with E-state index in [1.54, 1.807) is 0 Å². The molecule has 0 bridgehead atoms. The first-order chi connectivity index (χ1) is 9.50. The normalized spacial score (nSPS) is 11.4. The van der Waals surface area contributed by atoms with Crippen LogP contribution in [0, 0.1) is 0 Å². The van der Waals surface area contributed by atoms with Crippen molar-refractivity contribution in [1.82, 2.24) is 0 Å². The quantitative estimate of drug-likeness (QED) is 0.694. The minimum Gasteiger partial charge on any atom is -0.489 e. The molecular formula is C15H12BrF3O. The zero-order valence-corrected chi connectivity index (χ0v) is 12.0. The van der Waals surface area contributed by atoms with Gasteiger partial charge in [0.2, 0.25) is 0 Å². The van der Waals surface area contributed by atoms with Gasteiger partial charge in [0, 0.05) is 10.9 Å². The molecule has 1 nitrogen and oxygen atoms in total. The highest BCUT2D eigenvalue weighted by Gasteiger charge is 2.31. The van der Waals surface area contributed by atoms with Gasteiger partial charge in [-0.1, -0.05) is 46.3 Å². The first kappa shape index (κ1) is 14.9. The SMILES string of the molecule is FC(F)(F)c1ccc(OCc2ccccc2)c(CBr)c1. The molecule has 0 aliphatic heterocycles. The van der Waals surface area contributed by atoms with Gasteiger partial charge in [-0.3, -0.25) is 0 Å². The van der Waals surface area contributed by atoms with E-state index in [2.05, 4.69) is 15.9 Å². The molecule has 2 rings (SSSR count). The second kappa shape index (κ2) is 6.31. The van der Waals surface area contributed by atoms with Gasteiger partial charge < -0.3 is 4.74 Å². The van der Waals surface area contributed by atoms with Crippen molar-refractivity contribution in [3.8, 4) is 5.75 Å². The van der Waals surface area contributed by atoms with Crippen LogP contribution in [0.1, 0.15) is 16.7 Å². The van der Waals surface area contributed by atoms with Gasteiger partial charge in [-0.15, -0.1) is 0 Å². The zero-order chi connectivity index (χ0) is 14.6. The van der Waals surface area contributed by atoms with Crippen molar-refractivity contribution in [2.24, 2.45) is 0 Å². The maximum absolute atomic E-state index is 12.6. The van der Waals surface area contributed by atoms with Gasteiger partial charge in [-0.2, -0.15) is 13.2 Å². The van der Waals surface area contributed by atoms with Crippen LogP contribution in [0.15, 0.2) is 48.5 Å². The molecule has 0 amide bonds. The van der Waals surface area contributed by atoms with Gasteiger partial charge >= 0.3 is 6.18 Å². The molecule has 0 spiro atoms. The Hall–Kier alpha value is -1.49. The molecule has 20 heavy (non-hydrogen) atoms. The molecule has 106 valence electrons. The highest BCUT2D eigenvalue weighted by Crippen LogP contribution is 2.33. The van der Waals surface area contributed by atoms with E-state index in [0.29, 0.717) is 23.2 Å². The van der Waals surface area contributed by atoms with E-state index < -0.39 is 11.7 Å². The van der Waals surface area contributed by atoms with Crippen LogP contribution in [0.3, 0.4) is 0 Å². The molecule has 0 atom stereocenters. The summed E-state index contributed by atoms with van der Waals surface area (Å²) in [6, 6.07) is 13.0. The first-order valence-corrected chi connectivity index (χ1v) is 7.05. The Kier molecular flexibility index (Phi) is 4.70. The average molecular weight is 345 g/mol. The van der Waals surface area contributed by atoms with E-state index in [1.807, 2.05) is 30.3 Å². The van der Waals surface area contributed by atoms with Crippen LogP contribution in [0.2, 0.25) is 0 Å². The third-order valence-electron chi connectivity index (χ3n) is 2.77. The third kappa shape index (κ3) is 3.76. The number of halogens is 4. The maximum atomic E-state index is 12.6. The Balaban J connectivity index is 2.16. The number of rotatable bonds is 4. The van der Waals surface area contributed by atoms with Gasteiger partial charge in [0.05, 0.1) is 5.56 Å². The van der Waals surface area contributed by atoms with E-state index in [1.165, 1.54) is 6.07 Å². The molecule has 0 aromatic heterocycles. The minimum atomic E-state index is -4.34. The Morgan fingerprint density at radius 1 is 1.00 bits per heavy atom. The number of hydrogen-bond acceptors (Lipinski definition) is 1. The van der Waals surface area contributed by atoms with Crippen LogP contribution >= 0.6 is 15.9 Å². The lowest BCUT2D eigenvalue weighted by Crippen LogP contribution is -2.06. The number of benzene rings is 2. The molecule has 0 fully saturated rings. The van der Waals surface area contributed by atoms with Gasteiger partial charge in [0.15, 0.2) is 0 Å². The Morgan fingerprint density at radius 3 is 2.30 bits per heavy atom. The number of alkyl halides is 4. The molecule has 5 heteroatoms.